The lowest BCUT2D eigenvalue weighted by molar-refractivity contribution is -0.135. The Hall–Kier alpha value is -1.47. The summed E-state index contributed by atoms with van der Waals surface area (Å²) in [6, 6.07) is 0.106. The maximum atomic E-state index is 12.5. The lowest BCUT2D eigenvalue weighted by Gasteiger charge is -2.23. The molecule has 7 heteroatoms. The first-order chi connectivity index (χ1) is 9.70. The Bertz CT molecular complexity index is 501. The highest BCUT2D eigenvalue weighted by molar-refractivity contribution is 5.79. The number of nitrogens with one attached hydrogen (secondary N) is 1. The van der Waals surface area contributed by atoms with Crippen LogP contribution in [-0.2, 0) is 29.0 Å². The van der Waals surface area contributed by atoms with Crippen LogP contribution in [0.4, 0.5) is 0 Å². The summed E-state index contributed by atoms with van der Waals surface area (Å²) in [4.78, 5) is 14.2. The first-order valence-corrected chi connectivity index (χ1v) is 7.11. The molecular formula is C13H21N5O2. The fourth-order valence-electron chi connectivity index (χ4n) is 2.98. The normalized spacial score (nSPS) is 24.9. The van der Waals surface area contributed by atoms with Gasteiger partial charge < -0.3 is 19.5 Å². The van der Waals surface area contributed by atoms with Crippen LogP contribution in [0, 0.1) is 5.92 Å². The van der Waals surface area contributed by atoms with Gasteiger partial charge in [0.2, 0.25) is 5.91 Å². The van der Waals surface area contributed by atoms with Crippen LogP contribution < -0.4 is 5.32 Å². The van der Waals surface area contributed by atoms with Crippen LogP contribution in [-0.4, -0.2) is 58.9 Å². The number of carbonyl (C=O) groups excluding carboxylic acids is 1. The van der Waals surface area contributed by atoms with Gasteiger partial charge in [-0.2, -0.15) is 0 Å². The van der Waals surface area contributed by atoms with Gasteiger partial charge in [0.15, 0.2) is 5.82 Å². The quantitative estimate of drug-likeness (QED) is 0.798. The van der Waals surface area contributed by atoms with Crippen molar-refractivity contribution in [2.75, 3.05) is 27.3 Å². The third-order valence-electron chi connectivity index (χ3n) is 4.21. The van der Waals surface area contributed by atoms with Crippen molar-refractivity contribution in [2.45, 2.75) is 32.0 Å². The third kappa shape index (κ3) is 2.31. The fourth-order valence-corrected chi connectivity index (χ4v) is 2.98. The van der Waals surface area contributed by atoms with Gasteiger partial charge in [0, 0.05) is 26.1 Å². The van der Waals surface area contributed by atoms with Gasteiger partial charge in [0.25, 0.3) is 0 Å². The van der Waals surface area contributed by atoms with E-state index in [9.17, 15) is 4.79 Å². The second-order valence-corrected chi connectivity index (χ2v) is 5.52. The summed E-state index contributed by atoms with van der Waals surface area (Å²) in [6.07, 6.45) is 2.11. The Morgan fingerprint density at radius 1 is 1.50 bits per heavy atom. The molecule has 110 valence electrons. The molecule has 0 spiro atoms. The summed E-state index contributed by atoms with van der Waals surface area (Å²) in [5.41, 5.74) is 0. The van der Waals surface area contributed by atoms with E-state index < -0.39 is 0 Å². The average molecular weight is 279 g/mol. The van der Waals surface area contributed by atoms with Crippen LogP contribution in [0.5, 0.6) is 0 Å². The summed E-state index contributed by atoms with van der Waals surface area (Å²) >= 11 is 0. The van der Waals surface area contributed by atoms with Crippen molar-refractivity contribution in [3.05, 3.63) is 11.6 Å². The number of hydrogen-bond donors (Lipinski definition) is 1. The van der Waals surface area contributed by atoms with Gasteiger partial charge >= 0.3 is 0 Å². The molecule has 20 heavy (non-hydrogen) atoms. The first kappa shape index (κ1) is 13.5. The summed E-state index contributed by atoms with van der Waals surface area (Å²) in [7, 11) is 3.69. The highest BCUT2D eigenvalue weighted by atomic mass is 16.5. The van der Waals surface area contributed by atoms with E-state index in [1.54, 1.807) is 4.90 Å². The van der Waals surface area contributed by atoms with Crippen LogP contribution in [0.15, 0.2) is 0 Å². The minimum atomic E-state index is -0.106. The maximum absolute atomic E-state index is 12.5. The molecule has 0 aromatic carbocycles. The number of aryl methyl sites for hydroxylation is 1. The molecule has 2 aliphatic heterocycles. The molecule has 1 saturated heterocycles. The van der Waals surface area contributed by atoms with Crippen molar-refractivity contribution in [1.29, 1.82) is 0 Å². The molecular weight excluding hydrogens is 258 g/mol. The van der Waals surface area contributed by atoms with Crippen LogP contribution in [0.2, 0.25) is 0 Å². The van der Waals surface area contributed by atoms with Crippen molar-refractivity contribution >= 4 is 5.91 Å². The minimum absolute atomic E-state index is 0.106. The minimum Gasteiger partial charge on any atom is -0.379 e. The Labute approximate surface area is 118 Å². The Morgan fingerprint density at radius 3 is 3.15 bits per heavy atom. The third-order valence-corrected chi connectivity index (χ3v) is 4.21. The Morgan fingerprint density at radius 2 is 2.35 bits per heavy atom. The standard InChI is InChI=1S/C13H21N5O2/c1-14-10-8-20-7-9(10)13(19)17(2)6-12-16-15-11-4-3-5-18(11)12/h9-10,14H,3-8H2,1-2H3. The maximum Gasteiger partial charge on any atom is 0.229 e. The summed E-state index contributed by atoms with van der Waals surface area (Å²) in [5.74, 6) is 1.93. The number of fused-ring (bicyclic) bond motifs is 1. The Kier molecular flexibility index (Phi) is 3.71. The van der Waals surface area contributed by atoms with E-state index in [0.717, 1.165) is 31.0 Å². The van der Waals surface area contributed by atoms with E-state index in [0.29, 0.717) is 19.8 Å². The number of carbonyl (C=O) groups is 1. The summed E-state index contributed by atoms with van der Waals surface area (Å²) < 4.78 is 7.53. The van der Waals surface area contributed by atoms with Crippen molar-refractivity contribution in [2.24, 2.45) is 5.92 Å². The second kappa shape index (κ2) is 5.49. The number of likely N-dealkylation sites (N-methyl/N-ethyl adjacent to an activating group) is 1. The number of amides is 1. The molecule has 3 heterocycles. The second-order valence-electron chi connectivity index (χ2n) is 5.52. The number of aromatic nitrogens is 3. The van der Waals surface area contributed by atoms with E-state index in [1.807, 2.05) is 14.1 Å². The summed E-state index contributed by atoms with van der Waals surface area (Å²) in [6.45, 7) is 2.57. The predicted molar refractivity (Wildman–Crippen MR) is 72.0 cm³/mol. The largest absolute Gasteiger partial charge is 0.379 e. The first-order valence-electron chi connectivity index (χ1n) is 7.11. The molecule has 1 amide bonds. The van der Waals surface area contributed by atoms with E-state index in [2.05, 4.69) is 20.1 Å². The number of rotatable bonds is 4. The molecule has 1 aromatic heterocycles. The van der Waals surface area contributed by atoms with Crippen molar-refractivity contribution in [1.82, 2.24) is 25.0 Å². The van der Waals surface area contributed by atoms with E-state index in [1.165, 1.54) is 0 Å². The van der Waals surface area contributed by atoms with Crippen molar-refractivity contribution in [3.63, 3.8) is 0 Å². The lowest BCUT2D eigenvalue weighted by atomic mass is 10.0. The predicted octanol–water partition coefficient (Wildman–Crippen LogP) is -0.583. The van der Waals surface area contributed by atoms with Gasteiger partial charge in [-0.3, -0.25) is 4.79 Å². The highest BCUT2D eigenvalue weighted by Gasteiger charge is 2.35. The van der Waals surface area contributed by atoms with Gasteiger partial charge in [0.05, 0.1) is 25.7 Å². The number of ether oxygens (including phenoxy) is 1. The molecule has 7 nitrogen and oxygen atoms in total. The lowest BCUT2D eigenvalue weighted by Crippen LogP contribution is -2.43. The zero-order chi connectivity index (χ0) is 14.1. The molecule has 3 rings (SSSR count). The molecule has 0 saturated carbocycles. The fraction of sp³-hybridized carbons (Fsp3) is 0.769. The average Bonchev–Trinajstić information content (AvgIpc) is 3.14. The molecule has 2 aliphatic rings. The molecule has 0 radical (unpaired) electrons. The zero-order valence-electron chi connectivity index (χ0n) is 12.0. The topological polar surface area (TPSA) is 72.3 Å². The molecule has 1 fully saturated rings. The Balaban J connectivity index is 1.66. The summed E-state index contributed by atoms with van der Waals surface area (Å²) in [5, 5.41) is 11.5. The number of hydrogen-bond acceptors (Lipinski definition) is 5. The molecule has 1 N–H and O–H groups in total. The van der Waals surface area contributed by atoms with Gasteiger partial charge in [-0.05, 0) is 13.5 Å². The molecule has 2 unspecified atom stereocenters. The SMILES string of the molecule is CNC1COCC1C(=O)N(C)Cc1nnc2n1CCC2. The van der Waals surface area contributed by atoms with Gasteiger partial charge in [-0.1, -0.05) is 0 Å². The van der Waals surface area contributed by atoms with Crippen LogP contribution >= 0.6 is 0 Å². The van der Waals surface area contributed by atoms with Crippen LogP contribution in [0.1, 0.15) is 18.1 Å². The van der Waals surface area contributed by atoms with Gasteiger partial charge in [-0.25, -0.2) is 0 Å². The zero-order valence-corrected chi connectivity index (χ0v) is 12.0. The molecule has 1 aromatic rings. The van der Waals surface area contributed by atoms with Crippen LogP contribution in [0.3, 0.4) is 0 Å². The van der Waals surface area contributed by atoms with Crippen molar-refractivity contribution < 1.29 is 9.53 Å². The van der Waals surface area contributed by atoms with E-state index >= 15 is 0 Å². The van der Waals surface area contributed by atoms with E-state index in [-0.39, 0.29) is 17.9 Å². The van der Waals surface area contributed by atoms with Crippen molar-refractivity contribution in [3.8, 4) is 0 Å². The number of nitrogens with zero attached hydrogens (tertiary/aromatic N) is 4. The van der Waals surface area contributed by atoms with E-state index in [4.69, 9.17) is 4.74 Å². The highest BCUT2D eigenvalue weighted by Crippen LogP contribution is 2.19. The van der Waals surface area contributed by atoms with Gasteiger partial charge in [-0.15, -0.1) is 10.2 Å². The molecule has 0 bridgehead atoms. The smallest absolute Gasteiger partial charge is 0.229 e. The monoisotopic (exact) mass is 279 g/mol. The molecule has 2 atom stereocenters. The molecule has 0 aliphatic carbocycles. The van der Waals surface area contributed by atoms with Crippen LogP contribution in [0.25, 0.3) is 0 Å². The van der Waals surface area contributed by atoms with Gasteiger partial charge in [0.1, 0.15) is 5.82 Å².